The van der Waals surface area contributed by atoms with Crippen molar-refractivity contribution in [1.82, 2.24) is 15.5 Å². The van der Waals surface area contributed by atoms with E-state index in [4.69, 9.17) is 4.52 Å². The molecule has 23 heavy (non-hydrogen) atoms. The minimum absolute atomic E-state index is 0.0781. The lowest BCUT2D eigenvalue weighted by molar-refractivity contribution is -0.120. The summed E-state index contributed by atoms with van der Waals surface area (Å²) in [6, 6.07) is 9.70. The van der Waals surface area contributed by atoms with Crippen molar-refractivity contribution in [3.05, 3.63) is 47.6 Å². The maximum atomic E-state index is 11.9. The Labute approximate surface area is 134 Å². The number of nitrogens with zero attached hydrogens (tertiary/aromatic N) is 2. The van der Waals surface area contributed by atoms with Gasteiger partial charge in [0.05, 0.1) is 18.4 Å². The molecule has 122 valence electrons. The highest BCUT2D eigenvalue weighted by Crippen LogP contribution is 2.32. The number of carbonyl (C=O) groups is 1. The van der Waals surface area contributed by atoms with Crippen molar-refractivity contribution in [3.8, 4) is 0 Å². The predicted octanol–water partition coefficient (Wildman–Crippen LogP) is 1.78. The molecular formula is C17H21N3O3. The van der Waals surface area contributed by atoms with E-state index in [0.717, 1.165) is 31.2 Å². The van der Waals surface area contributed by atoms with Crippen molar-refractivity contribution in [2.75, 3.05) is 0 Å². The average molecular weight is 315 g/mol. The molecule has 0 unspecified atom stereocenters. The number of aliphatic hydroxyl groups is 1. The molecule has 1 aromatic carbocycles. The second kappa shape index (κ2) is 6.91. The molecule has 2 N–H and O–H groups in total. The van der Waals surface area contributed by atoms with Crippen molar-refractivity contribution in [2.24, 2.45) is 0 Å². The molecule has 1 aromatic heterocycles. The number of aromatic nitrogens is 2. The number of rotatable bonds is 6. The molecule has 0 spiro atoms. The fourth-order valence-corrected chi connectivity index (χ4v) is 2.93. The predicted molar refractivity (Wildman–Crippen MR) is 83.4 cm³/mol. The van der Waals surface area contributed by atoms with Crippen LogP contribution >= 0.6 is 0 Å². The molecular weight excluding hydrogens is 294 g/mol. The van der Waals surface area contributed by atoms with Crippen LogP contribution in [0.3, 0.4) is 0 Å². The van der Waals surface area contributed by atoms with Gasteiger partial charge in [0.2, 0.25) is 11.8 Å². The third-order valence-corrected chi connectivity index (χ3v) is 4.18. The van der Waals surface area contributed by atoms with Crippen molar-refractivity contribution in [1.29, 1.82) is 0 Å². The Hall–Kier alpha value is -2.21. The van der Waals surface area contributed by atoms with E-state index in [1.807, 2.05) is 30.3 Å². The van der Waals surface area contributed by atoms with Crippen molar-refractivity contribution >= 4 is 5.91 Å². The molecule has 0 aliphatic heterocycles. The van der Waals surface area contributed by atoms with Crippen LogP contribution in [0.4, 0.5) is 0 Å². The Morgan fingerprint density at radius 3 is 2.74 bits per heavy atom. The number of amides is 1. The third-order valence-electron chi connectivity index (χ3n) is 4.18. The van der Waals surface area contributed by atoms with Gasteiger partial charge in [-0.1, -0.05) is 48.3 Å². The molecule has 0 bridgehead atoms. The Kier molecular flexibility index (Phi) is 4.71. The standard InChI is InChI=1S/C17H21N3O3/c21-15(18-12-13-6-2-1-3-7-13)10-14-19-16(23-20-14)11-17(22)8-4-5-9-17/h1-3,6-7,22H,4-5,8-12H2,(H,18,21). The highest BCUT2D eigenvalue weighted by atomic mass is 16.5. The smallest absolute Gasteiger partial charge is 0.229 e. The van der Waals surface area contributed by atoms with E-state index in [1.165, 1.54) is 0 Å². The second-order valence-corrected chi connectivity index (χ2v) is 6.15. The summed E-state index contributed by atoms with van der Waals surface area (Å²) in [5, 5.41) is 17.0. The minimum atomic E-state index is -0.723. The molecule has 1 fully saturated rings. The lowest BCUT2D eigenvalue weighted by atomic mass is 9.98. The second-order valence-electron chi connectivity index (χ2n) is 6.15. The van der Waals surface area contributed by atoms with Crippen molar-refractivity contribution < 1.29 is 14.4 Å². The van der Waals surface area contributed by atoms with Gasteiger partial charge in [0.25, 0.3) is 0 Å². The van der Waals surface area contributed by atoms with E-state index in [0.29, 0.717) is 24.7 Å². The number of hydrogen-bond donors (Lipinski definition) is 2. The van der Waals surface area contributed by atoms with Gasteiger partial charge in [-0.2, -0.15) is 4.98 Å². The largest absolute Gasteiger partial charge is 0.389 e. The number of hydrogen-bond acceptors (Lipinski definition) is 5. The number of benzene rings is 1. The van der Waals surface area contributed by atoms with E-state index in [9.17, 15) is 9.90 Å². The zero-order valence-electron chi connectivity index (χ0n) is 13.0. The summed E-state index contributed by atoms with van der Waals surface area (Å²) in [7, 11) is 0. The summed E-state index contributed by atoms with van der Waals surface area (Å²) in [4.78, 5) is 16.1. The van der Waals surface area contributed by atoms with Crippen LogP contribution in [0.1, 0.15) is 43.0 Å². The summed E-state index contributed by atoms with van der Waals surface area (Å²) in [6.45, 7) is 0.476. The maximum Gasteiger partial charge on any atom is 0.229 e. The van der Waals surface area contributed by atoms with Gasteiger partial charge in [0.1, 0.15) is 0 Å². The van der Waals surface area contributed by atoms with E-state index < -0.39 is 5.60 Å². The number of nitrogens with one attached hydrogen (secondary N) is 1. The first kappa shape index (κ1) is 15.7. The van der Waals surface area contributed by atoms with Gasteiger partial charge in [-0.05, 0) is 18.4 Å². The van der Waals surface area contributed by atoms with Gasteiger partial charge in [-0.25, -0.2) is 0 Å². The Morgan fingerprint density at radius 1 is 1.26 bits per heavy atom. The molecule has 0 saturated heterocycles. The van der Waals surface area contributed by atoms with Crippen LogP contribution in [0.15, 0.2) is 34.9 Å². The average Bonchev–Trinajstić information content (AvgIpc) is 3.16. The highest BCUT2D eigenvalue weighted by molar-refractivity contribution is 5.77. The zero-order valence-corrected chi connectivity index (χ0v) is 13.0. The lowest BCUT2D eigenvalue weighted by Crippen LogP contribution is -2.27. The zero-order chi connectivity index (χ0) is 16.1. The Balaban J connectivity index is 1.49. The molecule has 1 saturated carbocycles. The van der Waals surface area contributed by atoms with Gasteiger partial charge < -0.3 is 14.9 Å². The molecule has 2 aromatic rings. The van der Waals surface area contributed by atoms with E-state index in [-0.39, 0.29) is 12.3 Å². The van der Waals surface area contributed by atoms with Crippen molar-refractivity contribution in [3.63, 3.8) is 0 Å². The summed E-state index contributed by atoms with van der Waals surface area (Å²) < 4.78 is 5.15. The Morgan fingerprint density at radius 2 is 2.00 bits per heavy atom. The summed E-state index contributed by atoms with van der Waals surface area (Å²) in [5.74, 6) is 0.605. The summed E-state index contributed by atoms with van der Waals surface area (Å²) in [6.07, 6.45) is 4.03. The quantitative estimate of drug-likeness (QED) is 0.848. The van der Waals surface area contributed by atoms with Gasteiger partial charge >= 0.3 is 0 Å². The van der Waals surface area contributed by atoms with Gasteiger partial charge in [-0.15, -0.1) is 0 Å². The highest BCUT2D eigenvalue weighted by Gasteiger charge is 2.33. The summed E-state index contributed by atoms with van der Waals surface area (Å²) in [5.41, 5.74) is 0.317. The molecule has 1 heterocycles. The van der Waals surface area contributed by atoms with Crippen LogP contribution in [-0.2, 0) is 24.2 Å². The number of carbonyl (C=O) groups excluding carboxylic acids is 1. The molecule has 6 nitrogen and oxygen atoms in total. The van der Waals surface area contributed by atoms with Crippen LogP contribution in [-0.4, -0.2) is 26.8 Å². The summed E-state index contributed by atoms with van der Waals surface area (Å²) >= 11 is 0. The normalized spacial score (nSPS) is 16.4. The maximum absolute atomic E-state index is 11.9. The van der Waals surface area contributed by atoms with E-state index in [1.54, 1.807) is 0 Å². The van der Waals surface area contributed by atoms with Crippen LogP contribution < -0.4 is 5.32 Å². The van der Waals surface area contributed by atoms with E-state index >= 15 is 0 Å². The fourth-order valence-electron chi connectivity index (χ4n) is 2.93. The monoisotopic (exact) mass is 315 g/mol. The van der Waals surface area contributed by atoms with Gasteiger partial charge in [0, 0.05) is 6.54 Å². The third kappa shape index (κ3) is 4.39. The fraction of sp³-hybridized carbons (Fsp3) is 0.471. The first-order chi connectivity index (χ1) is 11.1. The Bertz CT molecular complexity index is 648. The van der Waals surface area contributed by atoms with Gasteiger partial charge in [0.15, 0.2) is 5.82 Å². The van der Waals surface area contributed by atoms with Crippen LogP contribution in [0.2, 0.25) is 0 Å². The lowest BCUT2D eigenvalue weighted by Gasteiger charge is -2.18. The first-order valence-corrected chi connectivity index (χ1v) is 7.97. The molecule has 1 aliphatic rings. The topological polar surface area (TPSA) is 88.2 Å². The van der Waals surface area contributed by atoms with Crippen LogP contribution in [0.25, 0.3) is 0 Å². The first-order valence-electron chi connectivity index (χ1n) is 7.97. The minimum Gasteiger partial charge on any atom is -0.389 e. The van der Waals surface area contributed by atoms with Crippen LogP contribution in [0, 0.1) is 0 Å². The molecule has 6 heteroatoms. The molecule has 0 radical (unpaired) electrons. The van der Waals surface area contributed by atoms with Crippen LogP contribution in [0.5, 0.6) is 0 Å². The molecule has 0 atom stereocenters. The molecule has 1 aliphatic carbocycles. The van der Waals surface area contributed by atoms with Crippen molar-refractivity contribution in [2.45, 2.75) is 50.7 Å². The van der Waals surface area contributed by atoms with Gasteiger partial charge in [-0.3, -0.25) is 4.79 Å². The molecule has 1 amide bonds. The van der Waals surface area contributed by atoms with E-state index in [2.05, 4.69) is 15.5 Å². The SMILES string of the molecule is O=C(Cc1noc(CC2(O)CCCC2)n1)NCc1ccccc1. The molecule has 3 rings (SSSR count).